The number of rotatable bonds is 0. The number of hydrogen-bond acceptors (Lipinski definition) is 3. The number of pyridine rings is 1. The van der Waals surface area contributed by atoms with E-state index in [0.717, 1.165) is 38.4 Å². The van der Waals surface area contributed by atoms with Gasteiger partial charge in [-0.1, -0.05) is 103 Å². The fraction of sp³-hybridized carbons (Fsp3) is 0.0370. The van der Waals surface area contributed by atoms with Gasteiger partial charge < -0.3 is 0 Å². The van der Waals surface area contributed by atoms with Crippen molar-refractivity contribution >= 4 is 78.0 Å². The van der Waals surface area contributed by atoms with Crippen LogP contribution in [-0.2, 0) is 11.0 Å². The number of fused-ring (bicyclic) bond motifs is 6. The van der Waals surface area contributed by atoms with Gasteiger partial charge in [-0.15, -0.1) is 0 Å². The van der Waals surface area contributed by atoms with Crippen molar-refractivity contribution in [2.45, 2.75) is 6.42 Å². The first-order chi connectivity index (χ1) is 16.7. The molecule has 0 radical (unpaired) electrons. The Balaban J connectivity index is 0.000000139. The van der Waals surface area contributed by atoms with Gasteiger partial charge in [0.1, 0.15) is 5.15 Å². The van der Waals surface area contributed by atoms with E-state index in [9.17, 15) is 9.36 Å². The number of halogens is 4. The van der Waals surface area contributed by atoms with Crippen LogP contribution < -0.4 is 0 Å². The van der Waals surface area contributed by atoms with Crippen molar-refractivity contribution in [3.8, 4) is 11.1 Å². The molecular formula is C27H18Cl4NO2P. The Morgan fingerprint density at radius 1 is 0.629 bits per heavy atom. The first-order valence-electron chi connectivity index (χ1n) is 10.5. The SMILES string of the molecule is Clc1nc2ccccc2c2ccccc12.O=C1Cc2ccccc2-c2ccccc21.O=P(Cl)(Cl)Cl. The number of para-hydroxylation sites is 1. The Morgan fingerprint density at radius 2 is 1.11 bits per heavy atom. The average molecular weight is 561 g/mol. The number of hydrogen-bond donors (Lipinski definition) is 0. The molecule has 1 heterocycles. The predicted molar refractivity (Wildman–Crippen MR) is 149 cm³/mol. The maximum atomic E-state index is 11.8. The van der Waals surface area contributed by atoms with Gasteiger partial charge in [0.2, 0.25) is 0 Å². The van der Waals surface area contributed by atoms with Crippen LogP contribution in [0.3, 0.4) is 0 Å². The zero-order chi connectivity index (χ0) is 25.0. The van der Waals surface area contributed by atoms with E-state index < -0.39 is 5.20 Å². The molecule has 0 amide bonds. The summed E-state index contributed by atoms with van der Waals surface area (Å²) >= 11 is 20.0. The molecule has 0 saturated carbocycles. The molecule has 0 aliphatic heterocycles. The third kappa shape index (κ3) is 6.44. The van der Waals surface area contributed by atoms with Gasteiger partial charge in [-0.2, -0.15) is 0 Å². The van der Waals surface area contributed by atoms with Gasteiger partial charge in [0, 0.05) is 22.8 Å². The lowest BCUT2D eigenvalue weighted by atomic mass is 9.85. The number of carbonyl (C=O) groups excluding carboxylic acids is 1. The van der Waals surface area contributed by atoms with Crippen LogP contribution in [-0.4, -0.2) is 10.8 Å². The fourth-order valence-corrected chi connectivity index (χ4v) is 4.29. The molecule has 5 aromatic rings. The van der Waals surface area contributed by atoms with Crippen molar-refractivity contribution in [3.63, 3.8) is 0 Å². The second kappa shape index (κ2) is 11.1. The molecule has 4 aromatic carbocycles. The fourth-order valence-electron chi connectivity index (χ4n) is 4.03. The highest BCUT2D eigenvalue weighted by molar-refractivity contribution is 8.24. The van der Waals surface area contributed by atoms with Gasteiger partial charge in [0.05, 0.1) is 5.52 Å². The smallest absolute Gasteiger partial charge is 0.294 e. The maximum Gasteiger partial charge on any atom is 0.339 e. The lowest BCUT2D eigenvalue weighted by Crippen LogP contribution is -2.11. The van der Waals surface area contributed by atoms with E-state index in [4.69, 9.17) is 11.6 Å². The molecule has 1 aliphatic rings. The van der Waals surface area contributed by atoms with E-state index in [1.54, 1.807) is 0 Å². The first-order valence-corrected chi connectivity index (χ1v) is 15.3. The second-order valence-electron chi connectivity index (χ2n) is 7.67. The highest BCUT2D eigenvalue weighted by Gasteiger charge is 2.20. The zero-order valence-corrected chi connectivity index (χ0v) is 22.1. The van der Waals surface area contributed by atoms with E-state index in [1.165, 1.54) is 5.56 Å². The summed E-state index contributed by atoms with van der Waals surface area (Å²) < 4.78 is 9.51. The van der Waals surface area contributed by atoms with E-state index >= 15 is 0 Å². The molecule has 0 unspecified atom stereocenters. The van der Waals surface area contributed by atoms with Crippen LogP contribution in [0.25, 0.3) is 32.8 Å². The van der Waals surface area contributed by atoms with Gasteiger partial charge in [-0.3, -0.25) is 9.36 Å². The monoisotopic (exact) mass is 559 g/mol. The minimum absolute atomic E-state index is 0.226. The third-order valence-corrected chi connectivity index (χ3v) is 5.74. The summed E-state index contributed by atoms with van der Waals surface area (Å²) in [5, 5.41) is 0.674. The maximum absolute atomic E-state index is 11.8. The van der Waals surface area contributed by atoms with Crippen LogP contribution >= 0.6 is 50.5 Å². The first kappa shape index (κ1) is 25.7. The summed E-state index contributed by atoms with van der Waals surface area (Å²) in [6.45, 7) is 0. The van der Waals surface area contributed by atoms with Crippen molar-refractivity contribution in [2.75, 3.05) is 0 Å². The molecule has 0 bridgehead atoms. The summed E-state index contributed by atoms with van der Waals surface area (Å²) in [7, 11) is 0. The molecule has 1 aromatic heterocycles. The standard InChI is InChI=1S/C14H10O.C13H8ClN.Cl3OP/c15-14-9-10-5-1-2-6-11(10)12-7-3-4-8-13(12)14;14-13-11-7-2-1-5-9(11)10-6-3-4-8-12(10)15-13;1-5(2,3)4/h1-8H,9H2;1-8H;. The molecule has 0 N–H and O–H groups in total. The molecule has 0 saturated heterocycles. The lowest BCUT2D eigenvalue weighted by Gasteiger charge is -2.18. The van der Waals surface area contributed by atoms with Crippen molar-refractivity contribution in [2.24, 2.45) is 0 Å². The molecule has 176 valence electrons. The van der Waals surface area contributed by atoms with Gasteiger partial charge in [0.15, 0.2) is 5.78 Å². The Hall–Kier alpha value is -2.39. The van der Waals surface area contributed by atoms with Crippen LogP contribution in [0.4, 0.5) is 0 Å². The van der Waals surface area contributed by atoms with Crippen LogP contribution in [0.2, 0.25) is 5.15 Å². The number of nitrogens with zero attached hydrogens (tertiary/aromatic N) is 1. The summed E-state index contributed by atoms with van der Waals surface area (Å²) in [6.07, 6.45) is 0.535. The largest absolute Gasteiger partial charge is 0.339 e. The normalized spacial score (nSPS) is 12.1. The Labute approximate surface area is 222 Å². The molecule has 3 nitrogen and oxygen atoms in total. The molecule has 0 fully saturated rings. The van der Waals surface area contributed by atoms with E-state index in [1.807, 2.05) is 78.9 Å². The quantitative estimate of drug-likeness (QED) is 0.107. The number of benzene rings is 4. The average Bonchev–Trinajstić information content (AvgIpc) is 2.84. The Kier molecular flexibility index (Phi) is 8.16. The third-order valence-electron chi connectivity index (χ3n) is 5.45. The summed E-state index contributed by atoms with van der Waals surface area (Å²) in [4.78, 5) is 16.2. The Morgan fingerprint density at radius 3 is 1.80 bits per heavy atom. The number of carbonyl (C=O) groups is 1. The van der Waals surface area contributed by atoms with E-state index in [-0.39, 0.29) is 5.78 Å². The van der Waals surface area contributed by atoms with E-state index in [0.29, 0.717) is 11.6 Å². The van der Waals surface area contributed by atoms with Crippen LogP contribution in [0, 0.1) is 0 Å². The molecule has 1 aliphatic carbocycles. The number of aromatic nitrogens is 1. The van der Waals surface area contributed by atoms with Crippen molar-refractivity contribution in [1.82, 2.24) is 4.98 Å². The number of Topliss-reactive ketones (excluding diaryl/α,β-unsaturated/α-hetero) is 1. The van der Waals surface area contributed by atoms with Crippen LogP contribution in [0.15, 0.2) is 97.1 Å². The van der Waals surface area contributed by atoms with Gasteiger partial charge >= 0.3 is 5.20 Å². The minimum Gasteiger partial charge on any atom is -0.294 e. The molecule has 8 heteroatoms. The Bertz CT molecular complexity index is 1570. The molecule has 0 atom stereocenters. The summed E-state index contributed by atoms with van der Waals surface area (Å²) in [5.41, 5.74) is 5.22. The van der Waals surface area contributed by atoms with E-state index in [2.05, 4.69) is 56.9 Å². The molecular weight excluding hydrogens is 543 g/mol. The van der Waals surface area contributed by atoms with Crippen molar-refractivity contribution in [1.29, 1.82) is 0 Å². The molecule has 6 rings (SSSR count). The van der Waals surface area contributed by atoms with Gasteiger partial charge in [-0.25, -0.2) is 4.98 Å². The molecule has 35 heavy (non-hydrogen) atoms. The highest BCUT2D eigenvalue weighted by Crippen LogP contribution is 2.61. The predicted octanol–water partition coefficient (Wildman–Crippen LogP) is 9.94. The summed E-state index contributed by atoms with van der Waals surface area (Å²) in [5.74, 6) is 0.226. The summed E-state index contributed by atoms with van der Waals surface area (Å²) in [6, 6.07) is 32.1. The van der Waals surface area contributed by atoms with Crippen LogP contribution in [0.1, 0.15) is 15.9 Å². The highest BCUT2D eigenvalue weighted by atomic mass is 36.0. The zero-order valence-electron chi connectivity index (χ0n) is 18.2. The second-order valence-corrected chi connectivity index (χ2v) is 14.7. The lowest BCUT2D eigenvalue weighted by molar-refractivity contribution is 0.0992. The van der Waals surface area contributed by atoms with Crippen LogP contribution in [0.5, 0.6) is 0 Å². The molecule has 0 spiro atoms. The minimum atomic E-state index is -3.22. The van der Waals surface area contributed by atoms with Gasteiger partial charge in [0.25, 0.3) is 0 Å². The topological polar surface area (TPSA) is 47.0 Å². The van der Waals surface area contributed by atoms with Crippen molar-refractivity contribution < 1.29 is 9.36 Å². The number of ketones is 1. The van der Waals surface area contributed by atoms with Crippen molar-refractivity contribution in [3.05, 3.63) is 113 Å². The van der Waals surface area contributed by atoms with Gasteiger partial charge in [-0.05, 0) is 61.9 Å².